The lowest BCUT2D eigenvalue weighted by atomic mass is 9.90. The van der Waals surface area contributed by atoms with Crippen LogP contribution in [-0.2, 0) is 25.9 Å². The van der Waals surface area contributed by atoms with Crippen molar-refractivity contribution in [3.05, 3.63) is 82.9 Å². The van der Waals surface area contributed by atoms with Crippen molar-refractivity contribution >= 4 is 0 Å². The number of benzene rings is 3. The van der Waals surface area contributed by atoms with Crippen molar-refractivity contribution in [3.8, 4) is 22.3 Å². The minimum atomic E-state index is 0.0977. The van der Waals surface area contributed by atoms with Crippen molar-refractivity contribution in [3.63, 3.8) is 0 Å². The molecule has 0 amide bonds. The quantitative estimate of drug-likeness (QED) is 0.505. The van der Waals surface area contributed by atoms with Gasteiger partial charge in [-0.3, -0.25) is 0 Å². The minimum absolute atomic E-state index is 0.0977. The van der Waals surface area contributed by atoms with Gasteiger partial charge in [-0.2, -0.15) is 0 Å². The van der Waals surface area contributed by atoms with Crippen LogP contribution < -0.4 is 0 Å². The van der Waals surface area contributed by atoms with Crippen LogP contribution in [0.2, 0.25) is 0 Å². The SMILES string of the molecule is CCCc1ccc(-c2ccc(-c3ccc(CO)cc3CC)cc2CC)cc1. The molecule has 3 aromatic carbocycles. The van der Waals surface area contributed by atoms with E-state index in [2.05, 4.69) is 75.4 Å². The smallest absolute Gasteiger partial charge is 0.0681 e. The van der Waals surface area contributed by atoms with Gasteiger partial charge in [0.1, 0.15) is 0 Å². The van der Waals surface area contributed by atoms with Crippen LogP contribution in [0, 0.1) is 0 Å². The highest BCUT2D eigenvalue weighted by Gasteiger charge is 2.10. The summed E-state index contributed by atoms with van der Waals surface area (Å²) >= 11 is 0. The van der Waals surface area contributed by atoms with Crippen molar-refractivity contribution in [1.82, 2.24) is 0 Å². The first kappa shape index (κ1) is 19.4. The van der Waals surface area contributed by atoms with E-state index in [1.807, 2.05) is 6.07 Å². The molecule has 0 aliphatic heterocycles. The Bertz CT molecular complexity index is 891. The van der Waals surface area contributed by atoms with Gasteiger partial charge < -0.3 is 5.11 Å². The summed E-state index contributed by atoms with van der Waals surface area (Å²) < 4.78 is 0. The molecule has 0 heterocycles. The summed E-state index contributed by atoms with van der Waals surface area (Å²) in [7, 11) is 0. The fraction of sp³-hybridized carbons (Fsp3) is 0.308. The van der Waals surface area contributed by atoms with Crippen LogP contribution in [0.25, 0.3) is 22.3 Å². The molecule has 0 bridgehead atoms. The number of aliphatic hydroxyl groups is 1. The Balaban J connectivity index is 1.99. The lowest BCUT2D eigenvalue weighted by Gasteiger charge is -2.14. The lowest BCUT2D eigenvalue weighted by molar-refractivity contribution is 0.282. The van der Waals surface area contributed by atoms with Crippen molar-refractivity contribution in [2.24, 2.45) is 0 Å². The average Bonchev–Trinajstić information content (AvgIpc) is 2.73. The molecule has 1 nitrogen and oxygen atoms in total. The van der Waals surface area contributed by atoms with Crippen LogP contribution in [-0.4, -0.2) is 5.11 Å². The van der Waals surface area contributed by atoms with Crippen LogP contribution >= 0.6 is 0 Å². The van der Waals surface area contributed by atoms with Crippen molar-refractivity contribution in [1.29, 1.82) is 0 Å². The Morgan fingerprint density at radius 3 is 1.81 bits per heavy atom. The van der Waals surface area contributed by atoms with Crippen LogP contribution in [0.3, 0.4) is 0 Å². The van der Waals surface area contributed by atoms with Crippen LogP contribution in [0.1, 0.15) is 49.4 Å². The second-order valence-corrected chi connectivity index (χ2v) is 7.18. The molecule has 1 heteroatoms. The third-order valence-corrected chi connectivity index (χ3v) is 5.33. The van der Waals surface area contributed by atoms with Gasteiger partial charge in [-0.05, 0) is 63.8 Å². The second kappa shape index (κ2) is 9.01. The molecule has 27 heavy (non-hydrogen) atoms. The maximum atomic E-state index is 9.42. The van der Waals surface area contributed by atoms with Gasteiger partial charge in [-0.25, -0.2) is 0 Å². The predicted molar refractivity (Wildman–Crippen MR) is 116 cm³/mol. The van der Waals surface area contributed by atoms with Gasteiger partial charge in [0.25, 0.3) is 0 Å². The predicted octanol–water partition coefficient (Wildman–Crippen LogP) is 6.59. The number of hydrogen-bond donors (Lipinski definition) is 1. The minimum Gasteiger partial charge on any atom is -0.392 e. The van der Waals surface area contributed by atoms with Gasteiger partial charge in [0.05, 0.1) is 6.61 Å². The first-order chi connectivity index (χ1) is 13.2. The van der Waals surface area contributed by atoms with Crippen molar-refractivity contribution < 1.29 is 5.11 Å². The fourth-order valence-corrected chi connectivity index (χ4v) is 3.79. The number of aliphatic hydroxyl groups excluding tert-OH is 1. The summed E-state index contributed by atoms with van der Waals surface area (Å²) in [4.78, 5) is 0. The van der Waals surface area contributed by atoms with E-state index in [9.17, 15) is 5.11 Å². The Kier molecular flexibility index (Phi) is 6.47. The molecular formula is C26H30O. The summed E-state index contributed by atoms with van der Waals surface area (Å²) in [6, 6.07) is 22.2. The van der Waals surface area contributed by atoms with E-state index >= 15 is 0 Å². The molecule has 0 saturated carbocycles. The standard InChI is InChI=1S/C26H30O/c1-4-7-19-8-11-23(12-9-19)25-15-13-24(17-22(25)6-3)26-14-10-20(18-27)16-21(26)5-2/h8-17,27H,4-7,18H2,1-3H3. The fourth-order valence-electron chi connectivity index (χ4n) is 3.79. The van der Waals surface area contributed by atoms with E-state index in [1.165, 1.54) is 45.4 Å². The third kappa shape index (κ3) is 4.31. The van der Waals surface area contributed by atoms with Gasteiger partial charge in [-0.1, -0.05) is 87.9 Å². The van der Waals surface area contributed by atoms with Gasteiger partial charge in [0, 0.05) is 0 Å². The van der Waals surface area contributed by atoms with Crippen molar-refractivity contribution in [2.45, 2.75) is 53.1 Å². The number of aryl methyl sites for hydroxylation is 3. The van der Waals surface area contributed by atoms with E-state index in [1.54, 1.807) is 0 Å². The highest BCUT2D eigenvalue weighted by molar-refractivity contribution is 5.75. The molecule has 3 rings (SSSR count). The monoisotopic (exact) mass is 358 g/mol. The topological polar surface area (TPSA) is 20.2 Å². The van der Waals surface area contributed by atoms with Gasteiger partial charge in [0.15, 0.2) is 0 Å². The molecule has 3 aromatic rings. The molecule has 0 fully saturated rings. The van der Waals surface area contributed by atoms with Crippen LogP contribution in [0.4, 0.5) is 0 Å². The summed E-state index contributed by atoms with van der Waals surface area (Å²) in [6.07, 6.45) is 4.30. The van der Waals surface area contributed by atoms with E-state index in [-0.39, 0.29) is 6.61 Å². The molecule has 0 atom stereocenters. The number of rotatable bonds is 7. The normalized spacial score (nSPS) is 11.0. The van der Waals surface area contributed by atoms with Gasteiger partial charge in [-0.15, -0.1) is 0 Å². The molecule has 1 N–H and O–H groups in total. The van der Waals surface area contributed by atoms with Gasteiger partial charge in [0.2, 0.25) is 0 Å². The zero-order valence-corrected chi connectivity index (χ0v) is 16.8. The molecule has 0 aliphatic rings. The van der Waals surface area contributed by atoms with E-state index < -0.39 is 0 Å². The number of hydrogen-bond acceptors (Lipinski definition) is 1. The molecular weight excluding hydrogens is 328 g/mol. The van der Waals surface area contributed by atoms with Crippen LogP contribution in [0.15, 0.2) is 60.7 Å². The molecule has 0 aromatic heterocycles. The van der Waals surface area contributed by atoms with E-state index in [0.717, 1.165) is 24.8 Å². The molecule has 0 spiro atoms. The largest absolute Gasteiger partial charge is 0.392 e. The third-order valence-electron chi connectivity index (χ3n) is 5.33. The van der Waals surface area contributed by atoms with E-state index in [4.69, 9.17) is 0 Å². The average molecular weight is 359 g/mol. The summed E-state index contributed by atoms with van der Waals surface area (Å²) in [5.74, 6) is 0. The Labute approximate surface area is 163 Å². The molecule has 140 valence electrons. The lowest BCUT2D eigenvalue weighted by Crippen LogP contribution is -1.94. The first-order valence-electron chi connectivity index (χ1n) is 10.1. The summed E-state index contributed by atoms with van der Waals surface area (Å²) in [6.45, 7) is 6.72. The van der Waals surface area contributed by atoms with Crippen LogP contribution in [0.5, 0.6) is 0 Å². The molecule has 0 aliphatic carbocycles. The Morgan fingerprint density at radius 1 is 0.630 bits per heavy atom. The van der Waals surface area contributed by atoms with Gasteiger partial charge >= 0.3 is 0 Å². The maximum absolute atomic E-state index is 9.42. The zero-order valence-electron chi connectivity index (χ0n) is 16.8. The molecule has 0 unspecified atom stereocenters. The second-order valence-electron chi connectivity index (χ2n) is 7.18. The van der Waals surface area contributed by atoms with Crippen molar-refractivity contribution in [2.75, 3.05) is 0 Å². The Hall–Kier alpha value is -2.38. The first-order valence-corrected chi connectivity index (χ1v) is 10.1. The zero-order chi connectivity index (χ0) is 19.2. The molecule has 0 saturated heterocycles. The Morgan fingerprint density at radius 2 is 1.19 bits per heavy atom. The molecule has 0 radical (unpaired) electrons. The van der Waals surface area contributed by atoms with E-state index in [0.29, 0.717) is 0 Å². The highest BCUT2D eigenvalue weighted by Crippen LogP contribution is 2.32. The summed E-state index contributed by atoms with van der Waals surface area (Å²) in [5, 5.41) is 9.42. The highest BCUT2D eigenvalue weighted by atomic mass is 16.3. The maximum Gasteiger partial charge on any atom is 0.0681 e. The summed E-state index contributed by atoms with van der Waals surface area (Å²) in [5.41, 5.74) is 10.2.